The zero-order valence-corrected chi connectivity index (χ0v) is 14.9. The van der Waals surface area contributed by atoms with E-state index in [-0.39, 0.29) is 61.8 Å². The van der Waals surface area contributed by atoms with Gasteiger partial charge in [0.05, 0.1) is 0 Å². The molecule has 0 fully saturated rings. The third-order valence-corrected chi connectivity index (χ3v) is 2.00. The van der Waals surface area contributed by atoms with Gasteiger partial charge in [-0.05, 0) is 0 Å². The smallest absolute Gasteiger partial charge is 0.0198 e. The molecule has 1 rings (SSSR count). The molecule has 4 heteroatoms. The summed E-state index contributed by atoms with van der Waals surface area (Å²) in [7, 11) is 0.371. The first-order valence-corrected chi connectivity index (χ1v) is 4.67. The minimum atomic E-state index is 0. The molecule has 1 aromatic rings. The zero-order chi connectivity index (χ0) is 7.07. The minimum Gasteiger partial charge on any atom is -0.0805 e. The molecule has 0 aliphatic heterocycles. The van der Waals surface area contributed by atoms with Gasteiger partial charge in [-0.1, -0.05) is 61.2 Å². The second kappa shape index (κ2) is 19.3. The molecule has 0 unspecified atom stereocenters. The van der Waals surface area contributed by atoms with Gasteiger partial charge >= 0.3 is 0 Å². The molecule has 0 aliphatic rings. The van der Waals surface area contributed by atoms with Gasteiger partial charge in [-0.25, -0.2) is 0 Å². The van der Waals surface area contributed by atoms with Crippen LogP contribution in [-0.2, 0) is 0 Å². The van der Waals surface area contributed by atoms with E-state index < -0.39 is 0 Å². The van der Waals surface area contributed by atoms with Crippen LogP contribution in [0, 0.1) is 0 Å². The van der Waals surface area contributed by atoms with Gasteiger partial charge in [0.15, 0.2) is 0 Å². The average molecular weight is 378 g/mol. The fourth-order valence-electron chi connectivity index (χ4n) is 0.642. The third kappa shape index (κ3) is 15.2. The van der Waals surface area contributed by atoms with E-state index in [4.69, 9.17) is 0 Å². The van der Waals surface area contributed by atoms with Gasteiger partial charge < -0.3 is 0 Å². The van der Waals surface area contributed by atoms with Gasteiger partial charge in [0.1, 0.15) is 0 Å². The minimum absolute atomic E-state index is 0. The van der Waals surface area contributed by atoms with Crippen LogP contribution in [-0.4, -0.2) is 63.5 Å². The van der Waals surface area contributed by atoms with Crippen molar-refractivity contribution in [3.05, 3.63) is 53.8 Å². The number of hydrogen-bond acceptors (Lipinski definition) is 0. The van der Waals surface area contributed by atoms with E-state index in [1.54, 1.807) is 0 Å². The van der Waals surface area contributed by atoms with Crippen LogP contribution in [0.2, 0.25) is 0 Å². The van der Waals surface area contributed by atoms with Gasteiger partial charge in [0.2, 0.25) is 0 Å². The molecule has 0 aromatic carbocycles. The molecule has 1 heterocycles. The van der Waals surface area contributed by atoms with Gasteiger partial charge in [-0.15, -0.1) is 0 Å². The molecule has 0 N–H and O–H groups in total. The molecule has 0 amide bonds. The number of rotatable bonds is 0. The normalized spacial score (nSPS) is 5.71. The molecule has 0 spiro atoms. The van der Waals surface area contributed by atoms with E-state index in [1.807, 2.05) is 18.2 Å². The summed E-state index contributed by atoms with van der Waals surface area (Å²) < 4.78 is 0. The zero-order valence-electron chi connectivity index (χ0n) is 7.35. The first kappa shape index (κ1) is 24.1. The summed E-state index contributed by atoms with van der Waals surface area (Å²) in [5.41, 5.74) is 4.42. The van der Waals surface area contributed by atoms with Crippen molar-refractivity contribution in [3.8, 4) is 0 Å². The van der Waals surface area contributed by atoms with E-state index in [0.29, 0.717) is 9.12 Å². The topological polar surface area (TPSA) is 0 Å². The molecule has 0 atom stereocenters. The molecule has 1 aromatic heterocycles. The van der Waals surface area contributed by atoms with Crippen LogP contribution in [0.4, 0.5) is 0 Å². The van der Waals surface area contributed by atoms with Crippen molar-refractivity contribution >= 4 is 63.5 Å². The predicted octanol–water partition coefficient (Wildman–Crippen LogP) is 1.38. The Bertz CT molecular complexity index is 157. The molecule has 69 valence electrons. The van der Waals surface area contributed by atoms with Crippen LogP contribution in [0.5, 0.6) is 0 Å². The third-order valence-electron chi connectivity index (χ3n) is 1.11. The molecule has 0 saturated carbocycles. The maximum atomic E-state index is 2.21. The van der Waals surface area contributed by atoms with Gasteiger partial charge in [-0.3, -0.25) is 0 Å². The van der Waals surface area contributed by atoms with Gasteiger partial charge in [-0.2, -0.15) is 0 Å². The first-order chi connectivity index (χ1) is 5.00. The van der Waals surface area contributed by atoms with Crippen LogP contribution < -0.4 is 0 Å². The first-order valence-electron chi connectivity index (χ1n) is 3.33. The fraction of sp³-hybridized carbons (Fsp3) is 0.100. The van der Waals surface area contributed by atoms with Gasteiger partial charge in [0.25, 0.3) is 0 Å². The van der Waals surface area contributed by atoms with E-state index in [1.165, 1.54) is 0 Å². The van der Waals surface area contributed by atoms with Crippen molar-refractivity contribution in [2.45, 2.75) is 7.43 Å². The van der Waals surface area contributed by atoms with Gasteiger partial charge in [0, 0.05) is 63.5 Å². The monoisotopic (exact) mass is 379 g/mol. The van der Waals surface area contributed by atoms with Crippen molar-refractivity contribution in [2.24, 2.45) is 0 Å². The fourth-order valence-corrected chi connectivity index (χ4v) is 1.28. The molecule has 14 heavy (non-hydrogen) atoms. The summed E-state index contributed by atoms with van der Waals surface area (Å²) in [4.78, 5) is 0. The molecule has 11 radical (unpaired) electrons. The van der Waals surface area contributed by atoms with Crippen molar-refractivity contribution in [3.63, 3.8) is 0 Å². The molecule has 0 bridgehead atoms. The van der Waals surface area contributed by atoms with Crippen LogP contribution >= 0.6 is 0 Å². The Kier molecular flexibility index (Phi) is 33.2. The van der Waals surface area contributed by atoms with Crippen molar-refractivity contribution in [1.29, 1.82) is 0 Å². The molecule has 0 saturated heterocycles. The Morgan fingerprint density at radius 1 is 0.643 bits per heavy atom. The van der Waals surface area contributed by atoms with E-state index >= 15 is 0 Å². The standard InChI is InChI=1S/C9H10Si.CH4.Ge.In.Si/c1-2-4-6-8-10-9-7-5-3-1;;;;/h1-10H;1H4;;;. The quantitative estimate of drug-likeness (QED) is 0.599. The van der Waals surface area contributed by atoms with Crippen molar-refractivity contribution < 1.29 is 0 Å². The predicted molar refractivity (Wildman–Crippen MR) is 70.8 cm³/mol. The molecular weight excluding hydrogens is 364 g/mol. The Morgan fingerprint density at radius 2 is 0.929 bits per heavy atom. The summed E-state index contributed by atoms with van der Waals surface area (Å²) >= 11 is 0. The summed E-state index contributed by atoms with van der Waals surface area (Å²) in [6, 6.07) is 14.4. The molecular formula is C10H14GeInSi2. The second-order valence-electron chi connectivity index (χ2n) is 1.92. The maximum absolute atomic E-state index is 2.21. The average Bonchev–Trinajstić information content (AvgIpc) is 2.01. The maximum Gasteiger partial charge on any atom is 0.0198 e. The number of hydrogen-bond donors (Lipinski definition) is 0. The van der Waals surface area contributed by atoms with Crippen molar-refractivity contribution in [1.82, 2.24) is 0 Å². The molecule has 0 aliphatic carbocycles. The van der Waals surface area contributed by atoms with E-state index in [9.17, 15) is 0 Å². The van der Waals surface area contributed by atoms with Crippen LogP contribution in [0.25, 0.3) is 0 Å². The summed E-state index contributed by atoms with van der Waals surface area (Å²) in [6.07, 6.45) is 0. The SMILES string of the molecule is C.[Ge].[In].[Si].c1cccc[siH]cccc1. The van der Waals surface area contributed by atoms with Crippen LogP contribution in [0.3, 0.4) is 0 Å². The Balaban J connectivity index is -0.000000125. The summed E-state index contributed by atoms with van der Waals surface area (Å²) in [5, 5.41) is 0. The van der Waals surface area contributed by atoms with Crippen LogP contribution in [0.1, 0.15) is 7.43 Å². The Morgan fingerprint density at radius 3 is 1.29 bits per heavy atom. The Labute approximate surface area is 124 Å². The molecule has 0 nitrogen and oxygen atoms in total. The second-order valence-corrected chi connectivity index (χ2v) is 3.08. The van der Waals surface area contributed by atoms with Crippen LogP contribution in [0.15, 0.2) is 53.8 Å². The van der Waals surface area contributed by atoms with E-state index in [0.717, 1.165) is 0 Å². The van der Waals surface area contributed by atoms with Crippen molar-refractivity contribution in [2.75, 3.05) is 0 Å². The van der Waals surface area contributed by atoms with E-state index in [2.05, 4.69) is 35.6 Å². The summed E-state index contributed by atoms with van der Waals surface area (Å²) in [5.74, 6) is 0. The summed E-state index contributed by atoms with van der Waals surface area (Å²) in [6.45, 7) is 0. The largest absolute Gasteiger partial charge is 0.0805 e. The Hall–Kier alpha value is 0.677.